The van der Waals surface area contributed by atoms with Gasteiger partial charge in [-0.05, 0) is 12.8 Å². The molecule has 1 aliphatic rings. The summed E-state index contributed by atoms with van der Waals surface area (Å²) in [5.74, 6) is -0.379. The third kappa shape index (κ3) is 3.96. The second-order valence-corrected chi connectivity index (χ2v) is 6.77. The molecule has 1 fully saturated rings. The van der Waals surface area contributed by atoms with Crippen molar-refractivity contribution in [2.45, 2.75) is 43.8 Å². The van der Waals surface area contributed by atoms with E-state index in [4.69, 9.17) is 0 Å². The van der Waals surface area contributed by atoms with Crippen LogP contribution >= 0.6 is 0 Å². The number of carbonyl (C=O) groups excluding carboxylic acids is 1. The number of nitrogens with zero attached hydrogens (tertiary/aromatic N) is 1. The Hall–Kier alpha value is -0.620. The van der Waals surface area contributed by atoms with Gasteiger partial charge in [0.15, 0.2) is 0 Å². The highest BCUT2D eigenvalue weighted by Gasteiger charge is 2.30. The van der Waals surface area contributed by atoms with Gasteiger partial charge >= 0.3 is 5.97 Å². The molecule has 0 aromatic carbocycles. The Labute approximate surface area is 103 Å². The molecule has 6 heteroatoms. The molecule has 0 aliphatic heterocycles. The molecule has 0 heterocycles. The molecule has 0 aromatic heterocycles. The minimum Gasteiger partial charge on any atom is -0.469 e. The fraction of sp³-hybridized carbons (Fsp3) is 0.909. The van der Waals surface area contributed by atoms with Gasteiger partial charge in [-0.2, -0.15) is 0 Å². The van der Waals surface area contributed by atoms with Crippen LogP contribution in [0.15, 0.2) is 0 Å². The van der Waals surface area contributed by atoms with Crippen molar-refractivity contribution in [3.05, 3.63) is 0 Å². The first-order valence-electron chi connectivity index (χ1n) is 6.00. The molecule has 0 saturated heterocycles. The normalized spacial score (nSPS) is 18.3. The van der Waals surface area contributed by atoms with Crippen molar-refractivity contribution in [3.63, 3.8) is 0 Å². The maximum Gasteiger partial charge on any atom is 0.306 e. The van der Waals surface area contributed by atoms with Gasteiger partial charge in [-0.15, -0.1) is 0 Å². The standard InChI is InChI=1S/C11H21NO4S/c1-12(9-8-11(13)16-2)17(14,15)10-6-4-3-5-7-10/h10H,3-9H2,1-2H3. The average Bonchev–Trinajstić information content (AvgIpc) is 2.36. The van der Waals surface area contributed by atoms with Crippen molar-refractivity contribution in [2.24, 2.45) is 0 Å². The van der Waals surface area contributed by atoms with E-state index >= 15 is 0 Å². The van der Waals surface area contributed by atoms with E-state index in [1.165, 1.54) is 18.5 Å². The van der Waals surface area contributed by atoms with E-state index in [0.29, 0.717) is 0 Å². The number of hydrogen-bond donors (Lipinski definition) is 0. The Balaban J connectivity index is 2.53. The lowest BCUT2D eigenvalue weighted by Crippen LogP contribution is -2.38. The maximum absolute atomic E-state index is 12.2. The van der Waals surface area contributed by atoms with Gasteiger partial charge in [0.05, 0.1) is 18.8 Å². The SMILES string of the molecule is COC(=O)CCN(C)S(=O)(=O)C1CCCCC1. The van der Waals surface area contributed by atoms with Gasteiger partial charge in [0.1, 0.15) is 0 Å². The zero-order valence-electron chi connectivity index (χ0n) is 10.5. The lowest BCUT2D eigenvalue weighted by atomic mass is 10.0. The molecule has 0 N–H and O–H groups in total. The lowest BCUT2D eigenvalue weighted by Gasteiger charge is -2.26. The number of carbonyl (C=O) groups is 1. The van der Waals surface area contributed by atoms with Gasteiger partial charge in [0, 0.05) is 13.6 Å². The van der Waals surface area contributed by atoms with E-state index in [1.807, 2.05) is 0 Å². The Morgan fingerprint density at radius 2 is 1.88 bits per heavy atom. The van der Waals surface area contributed by atoms with E-state index in [1.54, 1.807) is 0 Å². The zero-order valence-corrected chi connectivity index (χ0v) is 11.3. The molecular formula is C11H21NO4S. The largest absolute Gasteiger partial charge is 0.469 e. The summed E-state index contributed by atoms with van der Waals surface area (Å²) < 4.78 is 30.1. The summed E-state index contributed by atoms with van der Waals surface area (Å²) in [6.45, 7) is 0.200. The molecule has 1 rings (SSSR count). The summed E-state index contributed by atoms with van der Waals surface area (Å²) in [4.78, 5) is 11.0. The van der Waals surface area contributed by atoms with Crippen molar-refractivity contribution < 1.29 is 17.9 Å². The van der Waals surface area contributed by atoms with Crippen molar-refractivity contribution in [2.75, 3.05) is 20.7 Å². The van der Waals surface area contributed by atoms with Crippen LogP contribution in [-0.2, 0) is 19.6 Å². The number of sulfonamides is 1. The third-order valence-corrected chi connectivity index (χ3v) is 5.63. The molecule has 5 nitrogen and oxygen atoms in total. The molecule has 0 spiro atoms. The minimum absolute atomic E-state index is 0.110. The first-order valence-corrected chi connectivity index (χ1v) is 7.50. The van der Waals surface area contributed by atoms with Gasteiger partial charge in [0.2, 0.25) is 10.0 Å². The number of rotatable bonds is 5. The molecule has 0 bridgehead atoms. The fourth-order valence-corrected chi connectivity index (χ4v) is 3.88. The van der Waals surface area contributed by atoms with Gasteiger partial charge in [0.25, 0.3) is 0 Å². The van der Waals surface area contributed by atoms with Gasteiger partial charge < -0.3 is 4.74 Å². The predicted molar refractivity (Wildman–Crippen MR) is 65.1 cm³/mol. The summed E-state index contributed by atoms with van der Waals surface area (Å²) in [7, 11) is -0.402. The first-order chi connectivity index (χ1) is 7.98. The molecule has 17 heavy (non-hydrogen) atoms. The Morgan fingerprint density at radius 1 is 1.29 bits per heavy atom. The lowest BCUT2D eigenvalue weighted by molar-refractivity contribution is -0.140. The molecular weight excluding hydrogens is 242 g/mol. The molecule has 1 aliphatic carbocycles. The van der Waals surface area contributed by atoms with E-state index in [0.717, 1.165) is 32.1 Å². The highest BCUT2D eigenvalue weighted by atomic mass is 32.2. The number of methoxy groups -OCH3 is 1. The second-order valence-electron chi connectivity index (χ2n) is 4.45. The molecule has 1 saturated carbocycles. The summed E-state index contributed by atoms with van der Waals surface area (Å²) in [6.07, 6.45) is 4.68. The van der Waals surface area contributed by atoms with Crippen LogP contribution in [0.4, 0.5) is 0 Å². The molecule has 0 radical (unpaired) electrons. The van der Waals surface area contributed by atoms with Gasteiger partial charge in [-0.1, -0.05) is 19.3 Å². The molecule has 0 amide bonds. The fourth-order valence-electron chi connectivity index (χ4n) is 2.10. The first kappa shape index (κ1) is 14.4. The topological polar surface area (TPSA) is 63.7 Å². The van der Waals surface area contributed by atoms with E-state index in [9.17, 15) is 13.2 Å². The van der Waals surface area contributed by atoms with E-state index in [2.05, 4.69) is 4.74 Å². The van der Waals surface area contributed by atoms with Crippen molar-refractivity contribution in [3.8, 4) is 0 Å². The van der Waals surface area contributed by atoms with Gasteiger partial charge in [-0.25, -0.2) is 12.7 Å². The summed E-state index contributed by atoms with van der Waals surface area (Å²) in [5.41, 5.74) is 0. The summed E-state index contributed by atoms with van der Waals surface area (Å²) >= 11 is 0. The van der Waals surface area contributed by atoms with E-state index < -0.39 is 10.0 Å². The van der Waals surface area contributed by atoms with Crippen molar-refractivity contribution >= 4 is 16.0 Å². The van der Waals surface area contributed by atoms with Crippen LogP contribution < -0.4 is 0 Å². The monoisotopic (exact) mass is 263 g/mol. The van der Waals surface area contributed by atoms with Crippen molar-refractivity contribution in [1.82, 2.24) is 4.31 Å². The Morgan fingerprint density at radius 3 is 2.41 bits per heavy atom. The predicted octanol–water partition coefficient (Wildman–Crippen LogP) is 1.14. The molecule has 0 unspecified atom stereocenters. The average molecular weight is 263 g/mol. The number of hydrogen-bond acceptors (Lipinski definition) is 4. The minimum atomic E-state index is -3.24. The van der Waals surface area contributed by atoms with Crippen LogP contribution in [0, 0.1) is 0 Å². The number of esters is 1. The smallest absolute Gasteiger partial charge is 0.306 e. The van der Waals surface area contributed by atoms with Gasteiger partial charge in [-0.3, -0.25) is 4.79 Å². The third-order valence-electron chi connectivity index (χ3n) is 3.27. The molecule has 0 aromatic rings. The highest BCUT2D eigenvalue weighted by molar-refractivity contribution is 7.89. The molecule has 100 valence electrons. The van der Waals surface area contributed by atoms with Crippen LogP contribution in [-0.4, -0.2) is 44.6 Å². The van der Waals surface area contributed by atoms with Crippen LogP contribution in [0.3, 0.4) is 0 Å². The van der Waals surface area contributed by atoms with Crippen LogP contribution in [0.1, 0.15) is 38.5 Å². The van der Waals surface area contributed by atoms with Crippen molar-refractivity contribution in [1.29, 1.82) is 0 Å². The van der Waals surface area contributed by atoms with E-state index in [-0.39, 0.29) is 24.2 Å². The summed E-state index contributed by atoms with van der Waals surface area (Å²) in [5, 5.41) is -0.265. The van der Waals surface area contributed by atoms with Crippen LogP contribution in [0.25, 0.3) is 0 Å². The molecule has 0 atom stereocenters. The second kappa shape index (κ2) is 6.35. The Kier molecular flexibility index (Phi) is 5.39. The Bertz CT molecular complexity index is 346. The zero-order chi connectivity index (χ0) is 12.9. The summed E-state index contributed by atoms with van der Waals surface area (Å²) in [6, 6.07) is 0. The van der Waals surface area contributed by atoms with Crippen LogP contribution in [0.2, 0.25) is 0 Å². The van der Waals surface area contributed by atoms with Crippen LogP contribution in [0.5, 0.6) is 0 Å². The quantitative estimate of drug-likeness (QED) is 0.698. The maximum atomic E-state index is 12.2. The number of ether oxygens (including phenoxy) is 1. The highest BCUT2D eigenvalue weighted by Crippen LogP contribution is 2.25.